The van der Waals surface area contributed by atoms with Gasteiger partial charge in [0.25, 0.3) is 0 Å². The van der Waals surface area contributed by atoms with Gasteiger partial charge in [0.05, 0.1) is 44.7 Å². The van der Waals surface area contributed by atoms with E-state index < -0.39 is 55.6 Å². The fourth-order valence-corrected chi connectivity index (χ4v) is 6.17. The Hall–Kier alpha value is -2.60. The number of rotatable bonds is 26. The zero-order valence-corrected chi connectivity index (χ0v) is 29.1. The number of aliphatic hydroxyl groups excluding tert-OH is 3. The quantitative estimate of drug-likeness (QED) is 0.0397. The number of nitrogens with zero attached hydrogens (tertiary/aromatic N) is 3. The topological polar surface area (TPSA) is 146 Å². The molecule has 274 valence electrons. The van der Waals surface area contributed by atoms with Gasteiger partial charge in [0.1, 0.15) is 18.3 Å². The van der Waals surface area contributed by atoms with Gasteiger partial charge in [-0.1, -0.05) is 150 Å². The fourth-order valence-electron chi connectivity index (χ4n) is 6.17. The molecule has 3 N–H and O–H groups in total. The molecule has 0 aromatic heterocycles. The molecule has 11 heteroatoms. The molecule has 1 fully saturated rings. The molecule has 0 saturated carbocycles. The molecule has 0 radical (unpaired) electrons. The van der Waals surface area contributed by atoms with Crippen LogP contribution in [-0.4, -0.2) is 77.6 Å². The third-order valence-electron chi connectivity index (χ3n) is 9.12. The molecular formula is C38H58FN3O7. The van der Waals surface area contributed by atoms with Crippen molar-refractivity contribution in [2.24, 2.45) is 5.11 Å². The number of hydrogen-bond donors (Lipinski definition) is 3. The maximum atomic E-state index is 15.0. The minimum Gasteiger partial charge on any atom is -0.394 e. The van der Waals surface area contributed by atoms with Crippen LogP contribution in [0.15, 0.2) is 65.8 Å². The zero-order valence-electron chi connectivity index (χ0n) is 29.1. The lowest BCUT2D eigenvalue weighted by Gasteiger charge is -2.39. The molecule has 2 aromatic carbocycles. The molecule has 0 amide bonds. The number of halogens is 1. The van der Waals surface area contributed by atoms with E-state index >= 15 is 0 Å². The van der Waals surface area contributed by atoms with Gasteiger partial charge in [-0.3, -0.25) is 0 Å². The summed E-state index contributed by atoms with van der Waals surface area (Å²) in [6.07, 6.45) is 5.70. The predicted octanol–water partition coefficient (Wildman–Crippen LogP) is 7.72. The molecule has 0 spiro atoms. The van der Waals surface area contributed by atoms with E-state index in [-0.39, 0.29) is 13.2 Å². The molecule has 1 heterocycles. The van der Waals surface area contributed by atoms with Crippen molar-refractivity contribution >= 4 is 0 Å². The van der Waals surface area contributed by atoms with Crippen molar-refractivity contribution in [3.05, 3.63) is 82.2 Å². The van der Waals surface area contributed by atoms with Crippen molar-refractivity contribution in [2.45, 2.75) is 153 Å². The summed E-state index contributed by atoms with van der Waals surface area (Å²) >= 11 is 0. The van der Waals surface area contributed by atoms with Crippen LogP contribution in [0.2, 0.25) is 0 Å². The van der Waals surface area contributed by atoms with Crippen LogP contribution in [0.4, 0.5) is 4.39 Å². The lowest BCUT2D eigenvalue weighted by atomic mass is 9.98. The Morgan fingerprint density at radius 3 is 1.86 bits per heavy atom. The van der Waals surface area contributed by atoms with Crippen molar-refractivity contribution in [2.75, 3.05) is 13.2 Å². The van der Waals surface area contributed by atoms with Crippen molar-refractivity contribution in [3.63, 3.8) is 0 Å². The number of hydrogen-bond acceptors (Lipinski definition) is 8. The predicted molar refractivity (Wildman–Crippen MR) is 187 cm³/mol. The SMILES string of the molecule is CCCCCCCCCCCCCC[C@@H](OCc1ccccc1)[C@@H](OCc1ccccc1)[C@H](CO[C@H]1O[C@H](CO)[C@H](O)[C@H](O)[C@H]1F)N=[N+]=[N-]. The Morgan fingerprint density at radius 1 is 0.796 bits per heavy atom. The average Bonchev–Trinajstić information content (AvgIpc) is 3.13. The molecule has 0 aliphatic carbocycles. The lowest BCUT2D eigenvalue weighted by Crippen LogP contribution is -2.58. The molecule has 1 saturated heterocycles. The lowest BCUT2D eigenvalue weighted by molar-refractivity contribution is -0.289. The van der Waals surface area contributed by atoms with Crippen LogP contribution in [0, 0.1) is 0 Å². The van der Waals surface area contributed by atoms with E-state index in [1.165, 1.54) is 57.8 Å². The molecule has 0 bridgehead atoms. The highest BCUT2D eigenvalue weighted by atomic mass is 19.1. The van der Waals surface area contributed by atoms with E-state index in [2.05, 4.69) is 16.9 Å². The third kappa shape index (κ3) is 15.0. The summed E-state index contributed by atoms with van der Waals surface area (Å²) in [7, 11) is 0. The summed E-state index contributed by atoms with van der Waals surface area (Å²) in [6.45, 7) is 1.84. The number of benzene rings is 2. The number of ether oxygens (including phenoxy) is 4. The van der Waals surface area contributed by atoms with Gasteiger partial charge in [0.15, 0.2) is 12.5 Å². The molecule has 1 aliphatic heterocycles. The van der Waals surface area contributed by atoms with Crippen LogP contribution >= 0.6 is 0 Å². The van der Waals surface area contributed by atoms with Crippen molar-refractivity contribution < 1.29 is 38.7 Å². The molecule has 49 heavy (non-hydrogen) atoms. The average molecular weight is 688 g/mol. The second kappa shape index (κ2) is 24.5. The Labute approximate surface area is 291 Å². The summed E-state index contributed by atoms with van der Waals surface area (Å²) in [4.78, 5) is 3.06. The first-order valence-corrected chi connectivity index (χ1v) is 18.2. The van der Waals surface area contributed by atoms with E-state index in [0.29, 0.717) is 13.0 Å². The van der Waals surface area contributed by atoms with Gasteiger partial charge in [-0.15, -0.1) is 0 Å². The number of alkyl halides is 1. The van der Waals surface area contributed by atoms with E-state index in [0.717, 1.165) is 30.4 Å². The molecule has 1 aliphatic rings. The van der Waals surface area contributed by atoms with Crippen LogP contribution in [0.5, 0.6) is 0 Å². The Morgan fingerprint density at radius 2 is 1.33 bits per heavy atom. The van der Waals surface area contributed by atoms with E-state index in [4.69, 9.17) is 18.9 Å². The van der Waals surface area contributed by atoms with E-state index in [1.807, 2.05) is 60.7 Å². The van der Waals surface area contributed by atoms with Gasteiger partial charge in [0, 0.05) is 4.91 Å². The fraction of sp³-hybridized carbons (Fsp3) is 0.684. The number of aliphatic hydroxyl groups is 3. The van der Waals surface area contributed by atoms with Crippen LogP contribution < -0.4 is 0 Å². The number of unbranched alkanes of at least 4 members (excludes halogenated alkanes) is 11. The zero-order chi connectivity index (χ0) is 35.1. The van der Waals surface area contributed by atoms with Gasteiger partial charge in [0.2, 0.25) is 0 Å². The van der Waals surface area contributed by atoms with Crippen LogP contribution in [0.25, 0.3) is 10.4 Å². The van der Waals surface area contributed by atoms with Crippen molar-refractivity contribution in [3.8, 4) is 0 Å². The van der Waals surface area contributed by atoms with Gasteiger partial charge < -0.3 is 34.3 Å². The summed E-state index contributed by atoms with van der Waals surface area (Å²) < 4.78 is 39.1. The van der Waals surface area contributed by atoms with Gasteiger partial charge >= 0.3 is 0 Å². The Bertz CT molecular complexity index is 1160. The first kappa shape index (κ1) is 40.8. The minimum absolute atomic E-state index is 0.218. The molecule has 2 aromatic rings. The second-order valence-corrected chi connectivity index (χ2v) is 13.0. The van der Waals surface area contributed by atoms with E-state index in [1.54, 1.807) is 0 Å². The summed E-state index contributed by atoms with van der Waals surface area (Å²) in [5.41, 5.74) is 11.5. The van der Waals surface area contributed by atoms with Gasteiger partial charge in [-0.2, -0.15) is 0 Å². The highest BCUT2D eigenvalue weighted by Crippen LogP contribution is 2.27. The summed E-state index contributed by atoms with van der Waals surface area (Å²) in [5.74, 6) is 0. The van der Waals surface area contributed by atoms with Crippen LogP contribution in [0.1, 0.15) is 102 Å². The smallest absolute Gasteiger partial charge is 0.192 e. The van der Waals surface area contributed by atoms with E-state index in [9.17, 15) is 25.2 Å². The molecule has 3 rings (SSSR count). The van der Waals surface area contributed by atoms with Crippen molar-refractivity contribution in [1.29, 1.82) is 0 Å². The van der Waals surface area contributed by atoms with Gasteiger partial charge in [-0.25, -0.2) is 4.39 Å². The largest absolute Gasteiger partial charge is 0.394 e. The molecule has 0 unspecified atom stereocenters. The third-order valence-corrected chi connectivity index (χ3v) is 9.12. The van der Waals surface area contributed by atoms with Gasteiger partial charge in [-0.05, 0) is 23.1 Å². The normalized spacial score (nSPS) is 22.7. The van der Waals surface area contributed by atoms with Crippen LogP contribution in [-0.2, 0) is 32.2 Å². The molecule has 10 nitrogen and oxygen atoms in total. The summed E-state index contributed by atoms with van der Waals surface area (Å²) in [6, 6.07) is 18.5. The molecule has 8 atom stereocenters. The van der Waals surface area contributed by atoms with Crippen molar-refractivity contribution in [1.82, 2.24) is 0 Å². The Kier molecular flexibility index (Phi) is 20.4. The first-order valence-electron chi connectivity index (χ1n) is 18.2. The highest BCUT2D eigenvalue weighted by Gasteiger charge is 2.46. The molecular weight excluding hydrogens is 629 g/mol. The van der Waals surface area contributed by atoms with Crippen LogP contribution in [0.3, 0.4) is 0 Å². The Balaban J connectivity index is 1.69. The summed E-state index contributed by atoms with van der Waals surface area (Å²) in [5, 5.41) is 33.8. The minimum atomic E-state index is -2.08. The standard InChI is InChI=1S/C38H58FN3O7/c1-2-3-4-5-6-7-8-9-10-11-12-19-24-32(46-26-29-20-15-13-16-21-29)37(47-27-30-22-17-14-18-23-30)31(41-42-40)28-48-38-34(39)36(45)35(44)33(25-43)49-38/h13-18,20-23,31-38,43-45H,2-12,19,24-28H2,1H3/t31-,32+,33+,34+,35-,36+,37-,38-/m0/s1. The highest BCUT2D eigenvalue weighted by molar-refractivity contribution is 5.14. The maximum Gasteiger partial charge on any atom is 0.192 e. The monoisotopic (exact) mass is 687 g/mol. The number of azide groups is 1. The second-order valence-electron chi connectivity index (χ2n) is 13.0. The first-order chi connectivity index (χ1) is 24.0. The maximum absolute atomic E-state index is 15.0.